The van der Waals surface area contributed by atoms with Gasteiger partial charge >= 0.3 is 18.2 Å². The quantitative estimate of drug-likeness (QED) is 0.121. The number of anilines is 1. The number of fused-ring (bicyclic) bond motifs is 6. The summed E-state index contributed by atoms with van der Waals surface area (Å²) in [6.07, 6.45) is 11.8. The maximum Gasteiger partial charge on any atom is 0.414 e. The number of hydrogen-bond donors (Lipinski definition) is 0. The first-order valence-electron chi connectivity index (χ1n) is 19.1. The number of rotatable bonds is 12. The van der Waals surface area contributed by atoms with E-state index in [9.17, 15) is 14.4 Å². The average Bonchev–Trinajstić information content (AvgIpc) is 3.45. The average molecular weight is 747 g/mol. The van der Waals surface area contributed by atoms with Crippen LogP contribution in [0.1, 0.15) is 95.3 Å². The lowest BCUT2D eigenvalue weighted by atomic mass is 9.69. The SMILES string of the molecule is C=C(C)C=CC(=CC)COC(=O)N(CC)c1cc2c(cc1C)C1(OC(=O)c3ccccc31)C1CC(C)=C(N(CC)C(=O)OCC(=CC=C(C)C)CC)C=C1O2. The predicted molar refractivity (Wildman–Crippen MR) is 217 cm³/mol. The van der Waals surface area contributed by atoms with Gasteiger partial charge in [0, 0.05) is 42.1 Å². The number of amides is 2. The second-order valence-corrected chi connectivity index (χ2v) is 14.4. The summed E-state index contributed by atoms with van der Waals surface area (Å²) in [5.41, 5.74) is 7.63. The van der Waals surface area contributed by atoms with Gasteiger partial charge in [-0.3, -0.25) is 9.80 Å². The highest BCUT2D eigenvalue weighted by Gasteiger charge is 2.58. The first-order valence-corrected chi connectivity index (χ1v) is 19.1. The van der Waals surface area contributed by atoms with Gasteiger partial charge in [-0.25, -0.2) is 14.4 Å². The summed E-state index contributed by atoms with van der Waals surface area (Å²) in [6.45, 7) is 22.5. The molecule has 3 aliphatic rings. The molecule has 0 aromatic heterocycles. The first-order chi connectivity index (χ1) is 26.3. The van der Waals surface area contributed by atoms with Crippen LogP contribution in [0.25, 0.3) is 0 Å². The molecule has 2 aromatic carbocycles. The van der Waals surface area contributed by atoms with Crippen molar-refractivity contribution in [2.75, 3.05) is 31.2 Å². The van der Waals surface area contributed by atoms with E-state index in [1.54, 1.807) is 15.9 Å². The molecule has 0 radical (unpaired) electrons. The second kappa shape index (κ2) is 17.3. The van der Waals surface area contributed by atoms with Crippen LogP contribution in [0.4, 0.5) is 15.3 Å². The van der Waals surface area contributed by atoms with Crippen LogP contribution in [0.3, 0.4) is 0 Å². The highest BCUT2D eigenvalue weighted by atomic mass is 16.6. The monoisotopic (exact) mass is 746 g/mol. The number of likely N-dealkylation sites (N-methyl/N-ethyl adjacent to an activating group) is 1. The maximum absolute atomic E-state index is 13.7. The van der Waals surface area contributed by atoms with Crippen LogP contribution in [-0.2, 0) is 19.8 Å². The highest BCUT2D eigenvalue weighted by Crippen LogP contribution is 2.59. The normalized spacial score (nSPS) is 18.8. The van der Waals surface area contributed by atoms with Crippen LogP contribution in [0.5, 0.6) is 5.75 Å². The van der Waals surface area contributed by atoms with Crippen molar-refractivity contribution >= 4 is 23.8 Å². The van der Waals surface area contributed by atoms with Gasteiger partial charge in [-0.05, 0) is 103 Å². The second-order valence-electron chi connectivity index (χ2n) is 14.4. The third-order valence-electron chi connectivity index (χ3n) is 10.2. The molecule has 2 heterocycles. The van der Waals surface area contributed by atoms with Crippen LogP contribution in [0.2, 0.25) is 0 Å². The molecular weight excluding hydrogens is 693 g/mol. The summed E-state index contributed by atoms with van der Waals surface area (Å²) in [5.74, 6) is 0.152. The molecule has 2 aromatic rings. The van der Waals surface area contributed by atoms with Crippen molar-refractivity contribution in [3.63, 3.8) is 0 Å². The minimum Gasteiger partial charge on any atom is -0.461 e. The number of aryl methyl sites for hydroxylation is 1. The molecule has 2 atom stereocenters. The maximum atomic E-state index is 13.7. The number of carbonyl (C=O) groups is 3. The van der Waals surface area contributed by atoms with E-state index in [2.05, 4.69) is 6.58 Å². The Hall–Kier alpha value is -5.57. The smallest absolute Gasteiger partial charge is 0.414 e. The van der Waals surface area contributed by atoms with E-state index in [1.807, 2.05) is 129 Å². The fraction of sp³-hybridized carbons (Fsp3) is 0.370. The fourth-order valence-electron chi connectivity index (χ4n) is 7.26. The molecule has 0 N–H and O–H groups in total. The Labute approximate surface area is 326 Å². The molecule has 1 spiro atoms. The number of ether oxygens (including phenoxy) is 4. The molecule has 0 saturated heterocycles. The standard InChI is InChI=1S/C46H54N2O7/c1-11-33(21-19-29(5)6)27-52-44(50)47(13-3)39-25-41-37(23-31(39)9)46(36-18-16-15-17-35(36)43(49)55-46)38-24-32(10)40(26-42(38)54-41)48(14-4)45(51)53-28-34(12-2)22-20-30(7)8/h11,15-23,25-26,38H,5,12-14,24,27-28H2,1-4,6-10H3. The Morgan fingerprint density at radius 2 is 1.64 bits per heavy atom. The molecule has 2 amide bonds. The molecule has 0 saturated carbocycles. The Balaban J connectivity index is 1.55. The van der Waals surface area contributed by atoms with Gasteiger partial charge in [0.2, 0.25) is 0 Å². The number of nitrogens with zero attached hydrogens (tertiary/aromatic N) is 2. The largest absolute Gasteiger partial charge is 0.461 e. The summed E-state index contributed by atoms with van der Waals surface area (Å²) in [4.78, 5) is 44.1. The summed E-state index contributed by atoms with van der Waals surface area (Å²) in [7, 11) is 0. The zero-order valence-electron chi connectivity index (χ0n) is 33.7. The van der Waals surface area contributed by atoms with Gasteiger partial charge in [0.25, 0.3) is 0 Å². The van der Waals surface area contributed by atoms with Crippen LogP contribution in [-0.4, -0.2) is 49.4 Å². The Morgan fingerprint density at radius 1 is 0.945 bits per heavy atom. The van der Waals surface area contributed by atoms with E-state index in [4.69, 9.17) is 18.9 Å². The van der Waals surface area contributed by atoms with Gasteiger partial charge < -0.3 is 18.9 Å². The van der Waals surface area contributed by atoms with Crippen LogP contribution < -0.4 is 9.64 Å². The summed E-state index contributed by atoms with van der Waals surface area (Å²) < 4.78 is 24.9. The number of allylic oxidation sites excluding steroid dienone is 8. The van der Waals surface area contributed by atoms with Crippen molar-refractivity contribution < 1.29 is 33.3 Å². The summed E-state index contributed by atoms with van der Waals surface area (Å²) in [6, 6.07) is 11.2. The third-order valence-corrected chi connectivity index (χ3v) is 10.2. The number of carbonyl (C=O) groups excluding carboxylic acids is 3. The Bertz CT molecular complexity index is 2060. The van der Waals surface area contributed by atoms with Gasteiger partial charge in [0.15, 0.2) is 5.60 Å². The lowest BCUT2D eigenvalue weighted by Gasteiger charge is -2.45. The van der Waals surface area contributed by atoms with E-state index in [0.717, 1.165) is 45.4 Å². The molecule has 290 valence electrons. The molecule has 2 aliphatic heterocycles. The van der Waals surface area contributed by atoms with Crippen molar-refractivity contribution in [3.05, 3.63) is 141 Å². The Kier molecular flexibility index (Phi) is 12.8. The minimum absolute atomic E-state index is 0.0941. The molecule has 2 unspecified atom stereocenters. The van der Waals surface area contributed by atoms with E-state index in [0.29, 0.717) is 53.5 Å². The summed E-state index contributed by atoms with van der Waals surface area (Å²) in [5, 5.41) is 0. The van der Waals surface area contributed by atoms with Crippen molar-refractivity contribution in [1.29, 1.82) is 0 Å². The van der Waals surface area contributed by atoms with Crippen LogP contribution in [0, 0.1) is 12.8 Å². The molecule has 0 fully saturated rings. The van der Waals surface area contributed by atoms with Crippen molar-refractivity contribution in [3.8, 4) is 5.75 Å². The van der Waals surface area contributed by atoms with Crippen molar-refractivity contribution in [2.45, 2.75) is 80.8 Å². The topological polar surface area (TPSA) is 94.6 Å². The number of esters is 1. The lowest BCUT2D eigenvalue weighted by Crippen LogP contribution is -2.45. The van der Waals surface area contributed by atoms with Gasteiger partial charge in [0.05, 0.1) is 17.2 Å². The Morgan fingerprint density at radius 3 is 2.29 bits per heavy atom. The highest BCUT2D eigenvalue weighted by molar-refractivity contribution is 5.96. The zero-order valence-corrected chi connectivity index (χ0v) is 33.7. The van der Waals surface area contributed by atoms with Crippen LogP contribution in [0.15, 0.2) is 119 Å². The van der Waals surface area contributed by atoms with Crippen molar-refractivity contribution in [1.82, 2.24) is 4.90 Å². The molecule has 55 heavy (non-hydrogen) atoms. The molecular formula is C46H54N2O7. The van der Waals surface area contributed by atoms with E-state index in [1.165, 1.54) is 0 Å². The molecule has 9 heteroatoms. The van der Waals surface area contributed by atoms with E-state index >= 15 is 0 Å². The van der Waals surface area contributed by atoms with E-state index in [-0.39, 0.29) is 13.2 Å². The number of hydrogen-bond acceptors (Lipinski definition) is 7. The van der Waals surface area contributed by atoms with Gasteiger partial charge in [0.1, 0.15) is 24.7 Å². The van der Waals surface area contributed by atoms with Gasteiger partial charge in [-0.2, -0.15) is 0 Å². The third kappa shape index (κ3) is 8.26. The minimum atomic E-state index is -1.21. The fourth-order valence-corrected chi connectivity index (χ4v) is 7.26. The van der Waals surface area contributed by atoms with Crippen molar-refractivity contribution in [2.24, 2.45) is 5.92 Å². The molecule has 5 rings (SSSR count). The summed E-state index contributed by atoms with van der Waals surface area (Å²) >= 11 is 0. The molecule has 0 bridgehead atoms. The number of benzene rings is 2. The van der Waals surface area contributed by atoms with Crippen LogP contribution >= 0.6 is 0 Å². The zero-order chi connectivity index (χ0) is 40.0. The first kappa shape index (κ1) is 40.6. The lowest BCUT2D eigenvalue weighted by molar-refractivity contribution is -0.0259. The predicted octanol–water partition coefficient (Wildman–Crippen LogP) is 10.8. The molecule has 9 nitrogen and oxygen atoms in total. The molecule has 1 aliphatic carbocycles. The van der Waals surface area contributed by atoms with Gasteiger partial charge in [-0.1, -0.05) is 73.2 Å². The van der Waals surface area contributed by atoms with Gasteiger partial charge in [-0.15, -0.1) is 0 Å². The van der Waals surface area contributed by atoms with E-state index < -0.39 is 29.7 Å².